The summed E-state index contributed by atoms with van der Waals surface area (Å²) in [5.74, 6) is -0.523. The van der Waals surface area contributed by atoms with Crippen molar-refractivity contribution in [1.29, 1.82) is 0 Å². The first-order valence-electron chi connectivity index (χ1n) is 5.66. The van der Waals surface area contributed by atoms with E-state index >= 15 is 0 Å². The summed E-state index contributed by atoms with van der Waals surface area (Å²) in [5, 5.41) is 17.1. The maximum Gasteiger partial charge on any atom is 0.254 e. The monoisotopic (exact) mass is 263 g/mol. The fourth-order valence-corrected chi connectivity index (χ4v) is 1.63. The number of nitrogens with zero attached hydrogens (tertiary/aromatic N) is 4. The average Bonchev–Trinajstić information content (AvgIpc) is 2.44. The lowest BCUT2D eigenvalue weighted by atomic mass is 10.1. The zero-order valence-electron chi connectivity index (χ0n) is 10.0. The number of aliphatic hydroxyl groups is 1. The molecule has 1 aromatic carbocycles. The van der Waals surface area contributed by atoms with Crippen LogP contribution in [0.2, 0.25) is 0 Å². The molecule has 2 rings (SSSR count). The number of hydroxylamine groups is 2. The zero-order valence-corrected chi connectivity index (χ0v) is 10.0. The van der Waals surface area contributed by atoms with Crippen molar-refractivity contribution < 1.29 is 14.7 Å². The van der Waals surface area contributed by atoms with E-state index in [-0.39, 0.29) is 13.3 Å². The van der Waals surface area contributed by atoms with Crippen molar-refractivity contribution in [3.05, 3.63) is 46.3 Å². The summed E-state index contributed by atoms with van der Waals surface area (Å²) in [6, 6.07) is 8.62. The van der Waals surface area contributed by atoms with Crippen LogP contribution in [0.4, 0.5) is 0 Å². The SMILES string of the molecule is [N-]=[N+]=NCN1OCC1NC(=O)C(O)c1ccccc1. The summed E-state index contributed by atoms with van der Waals surface area (Å²) < 4.78 is 0. The fourth-order valence-electron chi connectivity index (χ4n) is 1.63. The normalized spacial score (nSPS) is 19.9. The molecular weight excluding hydrogens is 250 g/mol. The highest BCUT2D eigenvalue weighted by molar-refractivity contribution is 5.82. The third kappa shape index (κ3) is 3.21. The molecular formula is C11H13N5O3. The smallest absolute Gasteiger partial charge is 0.254 e. The summed E-state index contributed by atoms with van der Waals surface area (Å²) in [7, 11) is 0. The number of nitrogens with one attached hydrogen (secondary N) is 1. The maximum absolute atomic E-state index is 11.8. The lowest BCUT2D eigenvalue weighted by Crippen LogP contribution is -2.60. The van der Waals surface area contributed by atoms with Crippen molar-refractivity contribution in [2.75, 3.05) is 13.3 Å². The van der Waals surface area contributed by atoms with Gasteiger partial charge in [0.2, 0.25) is 0 Å². The van der Waals surface area contributed by atoms with Gasteiger partial charge in [0, 0.05) is 4.91 Å². The summed E-state index contributed by atoms with van der Waals surface area (Å²) in [6.45, 7) is 0.289. The highest BCUT2D eigenvalue weighted by atomic mass is 16.7. The van der Waals surface area contributed by atoms with E-state index in [1.807, 2.05) is 0 Å². The van der Waals surface area contributed by atoms with Gasteiger partial charge in [0.1, 0.15) is 19.4 Å². The first kappa shape index (κ1) is 13.3. The van der Waals surface area contributed by atoms with E-state index in [0.29, 0.717) is 5.56 Å². The molecule has 1 aliphatic heterocycles. The van der Waals surface area contributed by atoms with E-state index in [1.54, 1.807) is 30.3 Å². The number of hydrogen-bond acceptors (Lipinski definition) is 5. The van der Waals surface area contributed by atoms with Gasteiger partial charge in [-0.3, -0.25) is 9.63 Å². The van der Waals surface area contributed by atoms with Gasteiger partial charge in [-0.1, -0.05) is 35.4 Å². The molecule has 0 aromatic heterocycles. The Labute approximate surface area is 109 Å². The van der Waals surface area contributed by atoms with Gasteiger partial charge in [0.05, 0.1) is 0 Å². The van der Waals surface area contributed by atoms with Crippen LogP contribution in [0.5, 0.6) is 0 Å². The van der Waals surface area contributed by atoms with Crippen LogP contribution < -0.4 is 5.32 Å². The van der Waals surface area contributed by atoms with Crippen LogP contribution >= 0.6 is 0 Å². The van der Waals surface area contributed by atoms with Gasteiger partial charge >= 0.3 is 0 Å². The lowest BCUT2D eigenvalue weighted by molar-refractivity contribution is -0.294. The molecule has 0 aliphatic carbocycles. The number of aliphatic hydroxyl groups excluding tert-OH is 1. The molecule has 1 amide bonds. The lowest BCUT2D eigenvalue weighted by Gasteiger charge is -2.39. The predicted molar refractivity (Wildman–Crippen MR) is 65.1 cm³/mol. The molecule has 0 spiro atoms. The molecule has 0 radical (unpaired) electrons. The minimum Gasteiger partial charge on any atom is -0.378 e. The Morgan fingerprint density at radius 3 is 2.95 bits per heavy atom. The molecule has 2 atom stereocenters. The second kappa shape index (κ2) is 6.17. The molecule has 1 saturated heterocycles. The zero-order chi connectivity index (χ0) is 13.7. The molecule has 0 bridgehead atoms. The molecule has 19 heavy (non-hydrogen) atoms. The largest absolute Gasteiger partial charge is 0.378 e. The van der Waals surface area contributed by atoms with Gasteiger partial charge in [-0.25, -0.2) is 0 Å². The van der Waals surface area contributed by atoms with E-state index < -0.39 is 18.2 Å². The summed E-state index contributed by atoms with van der Waals surface area (Å²) >= 11 is 0. The highest BCUT2D eigenvalue weighted by Crippen LogP contribution is 2.15. The first-order chi connectivity index (χ1) is 9.22. The Morgan fingerprint density at radius 2 is 2.37 bits per heavy atom. The molecule has 1 heterocycles. The van der Waals surface area contributed by atoms with Gasteiger partial charge < -0.3 is 10.4 Å². The number of carbonyl (C=O) groups is 1. The number of amides is 1. The average molecular weight is 263 g/mol. The van der Waals surface area contributed by atoms with Gasteiger partial charge in [-0.15, -0.1) is 0 Å². The molecule has 100 valence electrons. The Kier molecular flexibility index (Phi) is 4.32. The van der Waals surface area contributed by atoms with Crippen LogP contribution in [-0.4, -0.2) is 35.5 Å². The second-order valence-electron chi connectivity index (χ2n) is 3.92. The standard InChI is InChI=1S/C11H13N5O3/c12-15-13-7-16-9(6-19-16)14-11(18)10(17)8-4-2-1-3-5-8/h1-5,9-10,17H,6-7H2,(H,14,18). The third-order valence-electron chi connectivity index (χ3n) is 2.68. The molecule has 1 aliphatic rings. The van der Waals surface area contributed by atoms with Crippen molar-refractivity contribution >= 4 is 5.91 Å². The van der Waals surface area contributed by atoms with E-state index in [2.05, 4.69) is 15.3 Å². The van der Waals surface area contributed by atoms with E-state index in [0.717, 1.165) is 0 Å². The van der Waals surface area contributed by atoms with Crippen LogP contribution in [0.1, 0.15) is 11.7 Å². The van der Waals surface area contributed by atoms with E-state index in [4.69, 9.17) is 10.4 Å². The van der Waals surface area contributed by atoms with Gasteiger partial charge in [-0.2, -0.15) is 5.06 Å². The maximum atomic E-state index is 11.8. The molecule has 0 saturated carbocycles. The molecule has 1 aromatic rings. The number of rotatable bonds is 5. The van der Waals surface area contributed by atoms with Crippen molar-refractivity contribution in [2.45, 2.75) is 12.3 Å². The summed E-state index contributed by atoms with van der Waals surface area (Å²) in [6.07, 6.45) is -1.63. The second-order valence-corrected chi connectivity index (χ2v) is 3.92. The summed E-state index contributed by atoms with van der Waals surface area (Å²) in [5.41, 5.74) is 8.70. The Balaban J connectivity index is 1.89. The van der Waals surface area contributed by atoms with Crippen LogP contribution in [-0.2, 0) is 9.63 Å². The minimum atomic E-state index is -1.23. The number of carbonyl (C=O) groups excluding carboxylic acids is 1. The summed E-state index contributed by atoms with van der Waals surface area (Å²) in [4.78, 5) is 19.4. The van der Waals surface area contributed by atoms with E-state index in [1.165, 1.54) is 5.06 Å². The van der Waals surface area contributed by atoms with Crippen LogP contribution in [0.15, 0.2) is 35.4 Å². The Hall–Kier alpha value is -2.12. The van der Waals surface area contributed by atoms with Gasteiger partial charge in [-0.05, 0) is 11.1 Å². The molecule has 1 fully saturated rings. The first-order valence-corrected chi connectivity index (χ1v) is 5.66. The van der Waals surface area contributed by atoms with Crippen LogP contribution in [0.25, 0.3) is 10.4 Å². The van der Waals surface area contributed by atoms with E-state index in [9.17, 15) is 9.90 Å². The van der Waals surface area contributed by atoms with Crippen molar-refractivity contribution in [2.24, 2.45) is 5.11 Å². The molecule has 8 heteroatoms. The van der Waals surface area contributed by atoms with Crippen LogP contribution in [0.3, 0.4) is 0 Å². The fraction of sp³-hybridized carbons (Fsp3) is 0.364. The number of hydrogen-bond donors (Lipinski definition) is 2. The number of benzene rings is 1. The molecule has 2 unspecified atom stereocenters. The third-order valence-corrected chi connectivity index (χ3v) is 2.68. The number of azide groups is 1. The molecule has 8 nitrogen and oxygen atoms in total. The quantitative estimate of drug-likeness (QED) is 0.462. The van der Waals surface area contributed by atoms with Crippen molar-refractivity contribution in [1.82, 2.24) is 10.4 Å². The van der Waals surface area contributed by atoms with Gasteiger partial charge in [0.15, 0.2) is 6.10 Å². The van der Waals surface area contributed by atoms with Crippen molar-refractivity contribution in [3.8, 4) is 0 Å². The highest BCUT2D eigenvalue weighted by Gasteiger charge is 2.32. The van der Waals surface area contributed by atoms with Gasteiger partial charge in [0.25, 0.3) is 5.91 Å². The Bertz CT molecular complexity index is 488. The topological polar surface area (TPSA) is 111 Å². The molecule has 2 N–H and O–H groups in total. The van der Waals surface area contributed by atoms with Crippen molar-refractivity contribution in [3.63, 3.8) is 0 Å². The minimum absolute atomic E-state index is 0.00286. The van der Waals surface area contributed by atoms with Crippen LogP contribution in [0, 0.1) is 0 Å². The predicted octanol–water partition coefficient (Wildman–Crippen LogP) is 0.677. The Morgan fingerprint density at radius 1 is 1.63 bits per heavy atom.